The zero-order chi connectivity index (χ0) is 20.1. The molecule has 0 bridgehead atoms. The molecule has 8 heteroatoms. The topological polar surface area (TPSA) is 103 Å². The number of fused-ring (bicyclic) bond motifs is 1. The molecule has 3 aromatic rings. The van der Waals surface area contributed by atoms with Crippen LogP contribution >= 0.6 is 0 Å². The average Bonchev–Trinajstić information content (AvgIpc) is 3.35. The number of carbonyl (C=O) groups is 2. The molecule has 1 heterocycles. The van der Waals surface area contributed by atoms with Crippen molar-refractivity contribution in [2.24, 2.45) is 5.41 Å². The van der Waals surface area contributed by atoms with Gasteiger partial charge in [0, 0.05) is 17.5 Å². The molecule has 0 aliphatic heterocycles. The quantitative estimate of drug-likeness (QED) is 0.523. The molecule has 0 unspecified atom stereocenters. The fourth-order valence-electron chi connectivity index (χ4n) is 3.73. The van der Waals surface area contributed by atoms with E-state index in [4.69, 9.17) is 4.74 Å². The molecular weight excluding hydrogens is 382 g/mol. The molecule has 7 nitrogen and oxygen atoms in total. The summed E-state index contributed by atoms with van der Waals surface area (Å²) >= 11 is 0. The van der Waals surface area contributed by atoms with Crippen LogP contribution in [0, 0.1) is 5.41 Å². The Morgan fingerprint density at radius 2 is 1.75 bits per heavy atom. The van der Waals surface area contributed by atoms with Gasteiger partial charge in [-0.05, 0) is 30.2 Å². The van der Waals surface area contributed by atoms with E-state index in [9.17, 15) is 23.1 Å². The van der Waals surface area contributed by atoms with Crippen LogP contribution in [0.15, 0.2) is 65.7 Å². The van der Waals surface area contributed by atoms with E-state index in [2.05, 4.69) is 0 Å². The number of aromatic nitrogens is 1. The summed E-state index contributed by atoms with van der Waals surface area (Å²) in [6.07, 6.45) is 1.49. The van der Waals surface area contributed by atoms with Gasteiger partial charge in [-0.25, -0.2) is 12.4 Å². The fraction of sp³-hybridized carbons (Fsp3) is 0.200. The van der Waals surface area contributed by atoms with Gasteiger partial charge in [-0.15, -0.1) is 0 Å². The monoisotopic (exact) mass is 399 g/mol. The molecule has 1 aromatic heterocycles. The predicted octanol–water partition coefficient (Wildman–Crippen LogP) is 2.61. The van der Waals surface area contributed by atoms with E-state index in [1.807, 2.05) is 0 Å². The van der Waals surface area contributed by atoms with Gasteiger partial charge in [-0.3, -0.25) is 9.59 Å². The van der Waals surface area contributed by atoms with Gasteiger partial charge in [-0.1, -0.05) is 36.4 Å². The number of benzene rings is 2. The van der Waals surface area contributed by atoms with Crippen LogP contribution in [-0.4, -0.2) is 36.5 Å². The van der Waals surface area contributed by atoms with Crippen LogP contribution in [0.1, 0.15) is 17.9 Å². The first kappa shape index (κ1) is 18.2. The Labute approximate surface area is 161 Å². The van der Waals surface area contributed by atoms with Crippen molar-refractivity contribution < 1.29 is 27.9 Å². The van der Waals surface area contributed by atoms with Crippen molar-refractivity contribution in [1.82, 2.24) is 3.97 Å². The Balaban J connectivity index is 1.90. The lowest BCUT2D eigenvalue weighted by Crippen LogP contribution is -2.28. The van der Waals surface area contributed by atoms with Crippen molar-refractivity contribution in [3.8, 4) is 0 Å². The molecule has 0 amide bonds. The third-order valence-electron chi connectivity index (χ3n) is 5.28. The zero-order valence-electron chi connectivity index (χ0n) is 14.9. The van der Waals surface area contributed by atoms with Crippen LogP contribution in [0.25, 0.3) is 10.9 Å². The van der Waals surface area contributed by atoms with Crippen molar-refractivity contribution in [2.75, 3.05) is 7.11 Å². The van der Waals surface area contributed by atoms with Crippen molar-refractivity contribution in [1.29, 1.82) is 0 Å². The fourth-order valence-corrected chi connectivity index (χ4v) is 5.13. The molecule has 0 radical (unpaired) electrons. The Hall–Kier alpha value is -3.13. The summed E-state index contributed by atoms with van der Waals surface area (Å²) in [6.45, 7) is 0. The highest BCUT2D eigenvalue weighted by molar-refractivity contribution is 7.90. The highest BCUT2D eigenvalue weighted by atomic mass is 32.2. The first-order valence-corrected chi connectivity index (χ1v) is 10.0. The molecule has 1 aliphatic rings. The van der Waals surface area contributed by atoms with Gasteiger partial charge in [0.1, 0.15) is 0 Å². The van der Waals surface area contributed by atoms with E-state index in [1.165, 1.54) is 18.3 Å². The van der Waals surface area contributed by atoms with Crippen LogP contribution in [-0.2, 0) is 24.3 Å². The number of rotatable bonds is 5. The second-order valence-electron chi connectivity index (χ2n) is 6.74. The summed E-state index contributed by atoms with van der Waals surface area (Å²) in [5, 5.41) is 10.2. The largest absolute Gasteiger partial charge is 0.480 e. The number of esters is 1. The molecule has 1 saturated carbocycles. The first-order chi connectivity index (χ1) is 13.3. The summed E-state index contributed by atoms with van der Waals surface area (Å²) in [5.74, 6) is -2.76. The second-order valence-corrected chi connectivity index (χ2v) is 8.56. The predicted molar refractivity (Wildman–Crippen MR) is 100 cm³/mol. The number of ether oxygens (including phenoxy) is 1. The third kappa shape index (κ3) is 2.45. The minimum absolute atomic E-state index is 0.0639. The minimum Gasteiger partial charge on any atom is -0.480 e. The lowest BCUT2D eigenvalue weighted by molar-refractivity contribution is -0.159. The van der Waals surface area contributed by atoms with Crippen molar-refractivity contribution in [2.45, 2.75) is 17.2 Å². The van der Waals surface area contributed by atoms with Crippen molar-refractivity contribution >= 4 is 32.9 Å². The van der Waals surface area contributed by atoms with Crippen molar-refractivity contribution in [3.63, 3.8) is 0 Å². The highest BCUT2D eigenvalue weighted by Gasteiger charge is 2.68. The number of carbonyl (C=O) groups excluding carboxylic acids is 1. The number of methoxy groups -OCH3 is 1. The van der Waals surface area contributed by atoms with Gasteiger partial charge in [-0.2, -0.15) is 0 Å². The van der Waals surface area contributed by atoms with Gasteiger partial charge >= 0.3 is 11.9 Å². The van der Waals surface area contributed by atoms with Crippen LogP contribution in [0.3, 0.4) is 0 Å². The van der Waals surface area contributed by atoms with Crippen LogP contribution in [0.5, 0.6) is 0 Å². The van der Waals surface area contributed by atoms with E-state index in [1.54, 1.807) is 42.5 Å². The van der Waals surface area contributed by atoms with Gasteiger partial charge in [0.15, 0.2) is 5.41 Å². The van der Waals surface area contributed by atoms with Crippen LogP contribution in [0.2, 0.25) is 0 Å². The molecule has 2 aromatic carbocycles. The van der Waals surface area contributed by atoms with Crippen molar-refractivity contribution in [3.05, 3.63) is 66.4 Å². The number of hydrogen-bond acceptors (Lipinski definition) is 5. The Morgan fingerprint density at radius 1 is 1.11 bits per heavy atom. The standard InChI is InChI=1S/C20H17NO6S/c1-27-19(24)20(18(22)23)11-16(20)15-12-21(17-10-6-5-9-14(15)17)28(25,26)13-7-3-2-4-8-13/h2-10,12,16H,11H2,1H3,(H,22,23)/t16-,20-/m1/s1. The van der Waals surface area contributed by atoms with Crippen LogP contribution < -0.4 is 0 Å². The van der Waals surface area contributed by atoms with Gasteiger partial charge in [0.2, 0.25) is 0 Å². The molecule has 1 N–H and O–H groups in total. The maximum Gasteiger partial charge on any atom is 0.323 e. The maximum absolute atomic E-state index is 13.1. The number of aliphatic carboxylic acids is 1. The lowest BCUT2D eigenvalue weighted by Gasteiger charge is -2.09. The van der Waals surface area contributed by atoms with E-state index < -0.39 is 33.3 Å². The maximum atomic E-state index is 13.1. The summed E-state index contributed by atoms with van der Waals surface area (Å²) < 4.78 is 32.1. The second kappa shape index (κ2) is 6.20. The molecule has 2 atom stereocenters. The molecule has 1 fully saturated rings. The molecule has 144 valence electrons. The first-order valence-electron chi connectivity index (χ1n) is 8.56. The Kier molecular flexibility index (Phi) is 4.04. The molecule has 28 heavy (non-hydrogen) atoms. The summed E-state index contributed by atoms with van der Waals surface area (Å²) in [5.41, 5.74) is -0.749. The molecule has 0 spiro atoms. The normalized spacial score (nSPS) is 21.4. The van der Waals surface area contributed by atoms with E-state index in [0.717, 1.165) is 11.1 Å². The number of nitrogens with zero attached hydrogens (tertiary/aromatic N) is 1. The summed E-state index contributed by atoms with van der Waals surface area (Å²) in [4.78, 5) is 24.1. The third-order valence-corrected chi connectivity index (χ3v) is 6.96. The summed E-state index contributed by atoms with van der Waals surface area (Å²) in [7, 11) is -2.74. The van der Waals surface area contributed by atoms with E-state index >= 15 is 0 Å². The molecule has 1 aliphatic carbocycles. The van der Waals surface area contributed by atoms with E-state index in [-0.39, 0.29) is 11.3 Å². The van der Waals surface area contributed by atoms with Gasteiger partial charge in [0.25, 0.3) is 10.0 Å². The van der Waals surface area contributed by atoms with Crippen LogP contribution in [0.4, 0.5) is 0 Å². The Bertz CT molecular complexity index is 1200. The van der Waals surface area contributed by atoms with E-state index in [0.29, 0.717) is 16.5 Å². The SMILES string of the molecule is COC(=O)[C@]1(C(=O)O)C[C@@H]1c1cn(S(=O)(=O)c2ccccc2)c2ccccc12. The number of carboxylic acid groups (broad SMARTS) is 1. The Morgan fingerprint density at radius 3 is 2.39 bits per heavy atom. The number of para-hydroxylation sites is 1. The minimum atomic E-state index is -3.88. The smallest absolute Gasteiger partial charge is 0.323 e. The molecule has 0 saturated heterocycles. The number of carboxylic acids is 1. The highest BCUT2D eigenvalue weighted by Crippen LogP contribution is 2.61. The van der Waals surface area contributed by atoms with Gasteiger partial charge in [0.05, 0.1) is 17.5 Å². The number of hydrogen-bond donors (Lipinski definition) is 1. The molecular formula is C20H17NO6S. The average molecular weight is 399 g/mol. The van der Waals surface area contributed by atoms with Gasteiger partial charge < -0.3 is 9.84 Å². The lowest BCUT2D eigenvalue weighted by atomic mass is 9.99. The molecule has 4 rings (SSSR count). The zero-order valence-corrected chi connectivity index (χ0v) is 15.7. The summed E-state index contributed by atoms with van der Waals surface area (Å²) in [6, 6.07) is 14.8.